The van der Waals surface area contributed by atoms with Crippen LogP contribution >= 0.6 is 0 Å². The lowest BCUT2D eigenvalue weighted by Gasteiger charge is -2.29. The number of rotatable bonds is 3. The fourth-order valence-corrected chi connectivity index (χ4v) is 2.06. The van der Waals surface area contributed by atoms with E-state index in [4.69, 9.17) is 4.74 Å². The van der Waals surface area contributed by atoms with Gasteiger partial charge in [-0.15, -0.1) is 0 Å². The van der Waals surface area contributed by atoms with Gasteiger partial charge in [-0.3, -0.25) is 0 Å². The van der Waals surface area contributed by atoms with Crippen LogP contribution in [0.25, 0.3) is 0 Å². The third-order valence-corrected chi connectivity index (χ3v) is 3.00. The highest BCUT2D eigenvalue weighted by molar-refractivity contribution is 5.56. The summed E-state index contributed by atoms with van der Waals surface area (Å²) < 4.78 is 18.6. The Morgan fingerprint density at radius 1 is 1.35 bits per heavy atom. The van der Waals surface area contributed by atoms with Crippen molar-refractivity contribution in [1.29, 1.82) is 0 Å². The van der Waals surface area contributed by atoms with Crippen molar-refractivity contribution in [3.05, 3.63) is 29.2 Å². The molecule has 0 bridgehead atoms. The fraction of sp³-hybridized carbons (Fsp3) is 0.500. The molecule has 17 heavy (non-hydrogen) atoms. The van der Waals surface area contributed by atoms with Gasteiger partial charge in [0, 0.05) is 6.07 Å². The van der Waals surface area contributed by atoms with Crippen LogP contribution < -0.4 is 10.2 Å². The Kier molecular flexibility index (Phi) is 3.81. The number of ether oxygens (including phenoxy) is 1. The van der Waals surface area contributed by atoms with Crippen molar-refractivity contribution in [2.75, 3.05) is 5.48 Å². The molecule has 1 aromatic rings. The van der Waals surface area contributed by atoms with Crippen molar-refractivity contribution in [1.82, 2.24) is 0 Å². The van der Waals surface area contributed by atoms with Gasteiger partial charge >= 0.3 is 0 Å². The number of hydrogen-bond acceptors (Lipinski definition) is 4. The lowest BCUT2D eigenvalue weighted by Crippen LogP contribution is -2.34. The molecule has 0 aliphatic heterocycles. The molecule has 1 fully saturated rings. The number of anilines is 1. The first-order valence-electron chi connectivity index (χ1n) is 5.73. The minimum atomic E-state index is -0.550. The van der Waals surface area contributed by atoms with Crippen LogP contribution in [0.5, 0.6) is 5.75 Å². The maximum Gasteiger partial charge on any atom is 0.145 e. The summed E-state index contributed by atoms with van der Waals surface area (Å²) in [4.78, 5) is 0. The molecule has 0 saturated heterocycles. The zero-order valence-electron chi connectivity index (χ0n) is 9.36. The molecule has 0 aromatic heterocycles. The molecule has 2 unspecified atom stereocenters. The molecule has 1 aromatic carbocycles. The van der Waals surface area contributed by atoms with Gasteiger partial charge in [-0.1, -0.05) is 6.42 Å². The highest BCUT2D eigenvalue weighted by Gasteiger charge is 2.25. The number of halogens is 1. The van der Waals surface area contributed by atoms with E-state index in [0.717, 1.165) is 25.3 Å². The molecular weight excluding hydrogens is 225 g/mol. The summed E-state index contributed by atoms with van der Waals surface area (Å²) in [6, 6.07) is 3.67. The predicted octanol–water partition coefficient (Wildman–Crippen LogP) is 2.42. The average Bonchev–Trinajstić information content (AvgIpc) is 2.32. The van der Waals surface area contributed by atoms with Crippen molar-refractivity contribution >= 4 is 5.69 Å². The number of hydrogen-bond donors (Lipinski definition) is 2. The number of aliphatic hydroxyl groups is 1. The summed E-state index contributed by atoms with van der Waals surface area (Å²) in [6.07, 6.45) is 2.42. The second-order valence-corrected chi connectivity index (χ2v) is 4.25. The van der Waals surface area contributed by atoms with Crippen LogP contribution in [0, 0.1) is 11.0 Å². The van der Waals surface area contributed by atoms with Crippen molar-refractivity contribution < 1.29 is 14.2 Å². The third kappa shape index (κ3) is 2.87. The Labute approximate surface area is 99.0 Å². The summed E-state index contributed by atoms with van der Waals surface area (Å²) >= 11 is 0. The molecule has 1 aliphatic carbocycles. The SMILES string of the molecule is [O-]Nc1ccc(F)cc1OC1CCCCC1O. The normalized spacial score (nSPS) is 24.4. The highest BCUT2D eigenvalue weighted by atomic mass is 19.1. The van der Waals surface area contributed by atoms with E-state index in [9.17, 15) is 14.7 Å². The maximum absolute atomic E-state index is 13.1. The topological polar surface area (TPSA) is 64.5 Å². The van der Waals surface area contributed by atoms with Crippen molar-refractivity contribution in [3.63, 3.8) is 0 Å². The van der Waals surface area contributed by atoms with E-state index in [0.29, 0.717) is 6.42 Å². The monoisotopic (exact) mass is 240 g/mol. The largest absolute Gasteiger partial charge is 0.761 e. The molecule has 5 heteroatoms. The van der Waals surface area contributed by atoms with E-state index in [1.54, 1.807) is 5.48 Å². The zero-order chi connectivity index (χ0) is 12.3. The minimum Gasteiger partial charge on any atom is -0.761 e. The summed E-state index contributed by atoms with van der Waals surface area (Å²) in [6.45, 7) is 0. The van der Waals surface area contributed by atoms with Crippen LogP contribution in [-0.4, -0.2) is 17.3 Å². The first-order valence-corrected chi connectivity index (χ1v) is 5.73. The van der Waals surface area contributed by atoms with Crippen molar-refractivity contribution in [2.24, 2.45) is 0 Å². The molecule has 2 rings (SSSR count). The quantitative estimate of drug-likeness (QED) is 0.796. The van der Waals surface area contributed by atoms with Crippen LogP contribution in [0.3, 0.4) is 0 Å². The van der Waals surface area contributed by atoms with Gasteiger partial charge in [-0.25, -0.2) is 4.39 Å². The Morgan fingerprint density at radius 3 is 2.82 bits per heavy atom. The van der Waals surface area contributed by atoms with E-state index in [1.165, 1.54) is 12.1 Å². The Balaban J connectivity index is 2.13. The predicted molar refractivity (Wildman–Crippen MR) is 62.3 cm³/mol. The molecule has 4 nitrogen and oxygen atoms in total. The Morgan fingerprint density at radius 2 is 2.12 bits per heavy atom. The van der Waals surface area contributed by atoms with Crippen molar-refractivity contribution in [2.45, 2.75) is 37.9 Å². The second-order valence-electron chi connectivity index (χ2n) is 4.25. The molecule has 94 valence electrons. The van der Waals surface area contributed by atoms with Gasteiger partial charge in [0.1, 0.15) is 17.7 Å². The standard InChI is InChI=1S/C12H15FNO3/c13-8-5-6-9(14-16)12(7-8)17-11-4-2-1-3-10(11)15/h5-7,10-11,14-15H,1-4H2/q-1. The summed E-state index contributed by atoms with van der Waals surface area (Å²) in [5.74, 6) is -0.310. The summed E-state index contributed by atoms with van der Waals surface area (Å²) in [7, 11) is 0. The number of nitrogens with one attached hydrogen (secondary N) is 1. The molecule has 0 amide bonds. The minimum absolute atomic E-state index is 0.158. The number of aliphatic hydroxyl groups excluding tert-OH is 1. The number of benzene rings is 1. The van der Waals surface area contributed by atoms with Gasteiger partial charge in [0.05, 0.1) is 11.8 Å². The molecule has 0 spiro atoms. The smallest absolute Gasteiger partial charge is 0.145 e. The van der Waals surface area contributed by atoms with Crippen LogP contribution in [-0.2, 0) is 0 Å². The molecule has 1 aliphatic rings. The molecule has 0 radical (unpaired) electrons. The molecular formula is C12H15FNO3-. The van der Waals surface area contributed by atoms with E-state index in [1.807, 2.05) is 0 Å². The van der Waals surface area contributed by atoms with E-state index in [2.05, 4.69) is 0 Å². The first-order chi connectivity index (χ1) is 8.20. The van der Waals surface area contributed by atoms with Gasteiger partial charge in [0.15, 0.2) is 0 Å². The lowest BCUT2D eigenvalue weighted by molar-refractivity contribution is 0.00712. The third-order valence-electron chi connectivity index (χ3n) is 3.00. The van der Waals surface area contributed by atoms with Gasteiger partial charge < -0.3 is 20.5 Å². The van der Waals surface area contributed by atoms with Crippen LogP contribution in [0.4, 0.5) is 10.1 Å². The van der Waals surface area contributed by atoms with E-state index < -0.39 is 11.9 Å². The van der Waals surface area contributed by atoms with Crippen LogP contribution in [0.2, 0.25) is 0 Å². The average molecular weight is 240 g/mol. The Hall–Kier alpha value is -1.33. The summed E-state index contributed by atoms with van der Waals surface area (Å²) in [5, 5.41) is 20.4. The lowest BCUT2D eigenvalue weighted by atomic mass is 9.95. The second kappa shape index (κ2) is 5.33. The molecule has 1 saturated carbocycles. The van der Waals surface area contributed by atoms with Crippen molar-refractivity contribution in [3.8, 4) is 5.75 Å². The van der Waals surface area contributed by atoms with Gasteiger partial charge in [-0.2, -0.15) is 0 Å². The Bertz CT molecular complexity index is 386. The van der Waals surface area contributed by atoms with Crippen LogP contribution in [0.15, 0.2) is 18.2 Å². The van der Waals surface area contributed by atoms with E-state index >= 15 is 0 Å². The van der Waals surface area contributed by atoms with Gasteiger partial charge in [0.2, 0.25) is 0 Å². The summed E-state index contributed by atoms with van der Waals surface area (Å²) in [5.41, 5.74) is 1.89. The molecule has 2 N–H and O–H groups in total. The molecule has 0 heterocycles. The van der Waals surface area contributed by atoms with Crippen LogP contribution in [0.1, 0.15) is 25.7 Å². The molecule has 2 atom stereocenters. The maximum atomic E-state index is 13.1. The van der Waals surface area contributed by atoms with Gasteiger partial charge in [-0.05, 0) is 31.4 Å². The highest BCUT2D eigenvalue weighted by Crippen LogP contribution is 2.30. The van der Waals surface area contributed by atoms with Gasteiger partial charge in [0.25, 0.3) is 0 Å². The van der Waals surface area contributed by atoms with E-state index in [-0.39, 0.29) is 17.5 Å². The zero-order valence-corrected chi connectivity index (χ0v) is 9.36. The first kappa shape index (κ1) is 12.1. The fourth-order valence-electron chi connectivity index (χ4n) is 2.06.